The smallest absolute Gasteiger partial charge is 0.222 e. The van der Waals surface area contributed by atoms with Gasteiger partial charge in [-0.3, -0.25) is 4.79 Å². The third kappa shape index (κ3) is 2.71. The molecule has 1 atom stereocenters. The van der Waals surface area contributed by atoms with Gasteiger partial charge < -0.3 is 9.64 Å². The molecular weight excluding hydrogens is 168 g/mol. The van der Waals surface area contributed by atoms with Gasteiger partial charge in [-0.15, -0.1) is 0 Å². The monoisotopic (exact) mass is 182 g/mol. The second-order valence-electron chi connectivity index (χ2n) is 3.08. The molecule has 0 saturated carbocycles. The molecular formula is C9H14N2O2. The summed E-state index contributed by atoms with van der Waals surface area (Å²) >= 11 is 0. The summed E-state index contributed by atoms with van der Waals surface area (Å²) in [4.78, 5) is 13.1. The van der Waals surface area contributed by atoms with Crippen molar-refractivity contribution in [1.29, 1.82) is 5.26 Å². The van der Waals surface area contributed by atoms with Crippen LogP contribution in [0.15, 0.2) is 0 Å². The molecule has 4 heteroatoms. The first-order valence-electron chi connectivity index (χ1n) is 4.57. The minimum atomic E-state index is -0.436. The third-order valence-electron chi connectivity index (χ3n) is 2.03. The minimum absolute atomic E-state index is 0.131. The van der Waals surface area contributed by atoms with Crippen molar-refractivity contribution in [2.45, 2.75) is 25.9 Å². The molecule has 1 saturated heterocycles. The molecule has 0 bridgehead atoms. The maximum absolute atomic E-state index is 11.4. The van der Waals surface area contributed by atoms with E-state index >= 15 is 0 Å². The van der Waals surface area contributed by atoms with Gasteiger partial charge in [-0.25, -0.2) is 0 Å². The Labute approximate surface area is 78.1 Å². The molecule has 1 amide bonds. The number of ether oxygens (including phenoxy) is 1. The van der Waals surface area contributed by atoms with E-state index in [1.54, 1.807) is 4.90 Å². The van der Waals surface area contributed by atoms with E-state index in [-0.39, 0.29) is 5.91 Å². The first-order chi connectivity index (χ1) is 6.27. The number of carbonyl (C=O) groups is 1. The van der Waals surface area contributed by atoms with Crippen LogP contribution in [0.5, 0.6) is 0 Å². The molecule has 4 nitrogen and oxygen atoms in total. The maximum atomic E-state index is 11.4. The zero-order valence-electron chi connectivity index (χ0n) is 7.82. The van der Waals surface area contributed by atoms with Gasteiger partial charge in [0.2, 0.25) is 5.91 Å². The largest absolute Gasteiger partial charge is 0.360 e. The van der Waals surface area contributed by atoms with E-state index in [0.29, 0.717) is 26.1 Å². The summed E-state index contributed by atoms with van der Waals surface area (Å²) in [7, 11) is 0. The van der Waals surface area contributed by atoms with Gasteiger partial charge in [0.05, 0.1) is 19.2 Å². The second kappa shape index (κ2) is 4.83. The van der Waals surface area contributed by atoms with E-state index < -0.39 is 6.10 Å². The van der Waals surface area contributed by atoms with Gasteiger partial charge >= 0.3 is 0 Å². The Bertz CT molecular complexity index is 222. The molecule has 1 fully saturated rings. The summed E-state index contributed by atoms with van der Waals surface area (Å²) in [5.74, 6) is 0.131. The van der Waals surface area contributed by atoms with Crippen LogP contribution in [0.3, 0.4) is 0 Å². The fraction of sp³-hybridized carbons (Fsp3) is 0.778. The van der Waals surface area contributed by atoms with Crippen LogP contribution in [-0.4, -0.2) is 36.6 Å². The highest BCUT2D eigenvalue weighted by molar-refractivity contribution is 5.76. The van der Waals surface area contributed by atoms with Crippen LogP contribution in [-0.2, 0) is 9.53 Å². The summed E-state index contributed by atoms with van der Waals surface area (Å²) in [6.45, 7) is 3.50. The van der Waals surface area contributed by atoms with E-state index in [0.717, 1.165) is 6.42 Å². The minimum Gasteiger partial charge on any atom is -0.360 e. The predicted octanol–water partition coefficient (Wildman–Crippen LogP) is 0.537. The molecule has 13 heavy (non-hydrogen) atoms. The lowest BCUT2D eigenvalue weighted by atomic mass is 10.2. The Hall–Kier alpha value is -1.08. The highest BCUT2D eigenvalue weighted by atomic mass is 16.5. The van der Waals surface area contributed by atoms with Crippen LogP contribution in [0.4, 0.5) is 0 Å². The fourth-order valence-corrected chi connectivity index (χ4v) is 1.33. The lowest BCUT2D eigenvalue weighted by molar-refractivity contribution is -0.137. The Morgan fingerprint density at radius 3 is 3.15 bits per heavy atom. The standard InChI is InChI=1S/C9H14N2O2/c1-2-3-9(12)11-4-5-13-8(6-10)7-11/h8H,2-5,7H2,1H3. The second-order valence-corrected chi connectivity index (χ2v) is 3.08. The van der Waals surface area contributed by atoms with Gasteiger partial charge in [-0.1, -0.05) is 6.92 Å². The molecule has 0 aliphatic carbocycles. The molecule has 1 unspecified atom stereocenters. The summed E-state index contributed by atoms with van der Waals surface area (Å²) in [6, 6.07) is 2.01. The molecule has 1 heterocycles. The molecule has 0 spiro atoms. The average Bonchev–Trinajstić information content (AvgIpc) is 2.18. The van der Waals surface area contributed by atoms with Crippen molar-refractivity contribution in [1.82, 2.24) is 4.90 Å². The van der Waals surface area contributed by atoms with Crippen molar-refractivity contribution in [2.75, 3.05) is 19.7 Å². The van der Waals surface area contributed by atoms with Crippen LogP contribution in [0.25, 0.3) is 0 Å². The fourth-order valence-electron chi connectivity index (χ4n) is 1.33. The number of rotatable bonds is 2. The Balaban J connectivity index is 2.42. The number of carbonyl (C=O) groups excluding carboxylic acids is 1. The predicted molar refractivity (Wildman–Crippen MR) is 46.8 cm³/mol. The molecule has 1 aliphatic rings. The third-order valence-corrected chi connectivity index (χ3v) is 2.03. The SMILES string of the molecule is CCCC(=O)N1CCOC(C#N)C1. The number of hydrogen-bond acceptors (Lipinski definition) is 3. The van der Waals surface area contributed by atoms with Crippen molar-refractivity contribution in [3.8, 4) is 6.07 Å². The van der Waals surface area contributed by atoms with E-state index in [9.17, 15) is 4.79 Å². The molecule has 0 N–H and O–H groups in total. The Kier molecular flexibility index (Phi) is 3.71. The highest BCUT2D eigenvalue weighted by Crippen LogP contribution is 2.06. The topological polar surface area (TPSA) is 53.3 Å². The zero-order chi connectivity index (χ0) is 9.68. The first kappa shape index (κ1) is 10.0. The molecule has 1 aliphatic heterocycles. The summed E-state index contributed by atoms with van der Waals surface area (Å²) in [6.07, 6.45) is 0.987. The number of hydrogen-bond donors (Lipinski definition) is 0. The summed E-state index contributed by atoms with van der Waals surface area (Å²) in [5, 5.41) is 8.61. The number of morpholine rings is 1. The lowest BCUT2D eigenvalue weighted by Crippen LogP contribution is -2.44. The Morgan fingerprint density at radius 1 is 1.77 bits per heavy atom. The normalized spacial score (nSPS) is 22.5. The summed E-state index contributed by atoms with van der Waals surface area (Å²) < 4.78 is 5.13. The molecule has 1 rings (SSSR count). The average molecular weight is 182 g/mol. The molecule has 0 aromatic heterocycles. The number of nitriles is 1. The molecule has 0 aromatic rings. The van der Waals surface area contributed by atoms with Crippen molar-refractivity contribution < 1.29 is 9.53 Å². The van der Waals surface area contributed by atoms with Crippen LogP contribution in [0.2, 0.25) is 0 Å². The van der Waals surface area contributed by atoms with Crippen LogP contribution >= 0.6 is 0 Å². The van der Waals surface area contributed by atoms with Gasteiger partial charge in [0.25, 0.3) is 0 Å². The quantitative estimate of drug-likeness (QED) is 0.626. The van der Waals surface area contributed by atoms with Crippen LogP contribution < -0.4 is 0 Å². The van der Waals surface area contributed by atoms with Crippen molar-refractivity contribution >= 4 is 5.91 Å². The lowest BCUT2D eigenvalue weighted by Gasteiger charge is -2.29. The van der Waals surface area contributed by atoms with Crippen molar-refractivity contribution in [3.63, 3.8) is 0 Å². The van der Waals surface area contributed by atoms with Crippen molar-refractivity contribution in [2.24, 2.45) is 0 Å². The molecule has 0 aromatic carbocycles. The molecule has 0 radical (unpaired) electrons. The zero-order valence-corrected chi connectivity index (χ0v) is 7.82. The maximum Gasteiger partial charge on any atom is 0.222 e. The van der Waals surface area contributed by atoms with E-state index in [4.69, 9.17) is 10.00 Å². The number of nitrogens with zero attached hydrogens (tertiary/aromatic N) is 2. The van der Waals surface area contributed by atoms with Gasteiger partial charge in [0.1, 0.15) is 0 Å². The van der Waals surface area contributed by atoms with E-state index in [2.05, 4.69) is 0 Å². The summed E-state index contributed by atoms with van der Waals surface area (Å²) in [5.41, 5.74) is 0. The highest BCUT2D eigenvalue weighted by Gasteiger charge is 2.22. The van der Waals surface area contributed by atoms with E-state index in [1.807, 2.05) is 13.0 Å². The van der Waals surface area contributed by atoms with Gasteiger partial charge in [0, 0.05) is 13.0 Å². The van der Waals surface area contributed by atoms with Gasteiger partial charge in [-0.05, 0) is 6.42 Å². The Morgan fingerprint density at radius 2 is 2.54 bits per heavy atom. The van der Waals surface area contributed by atoms with Crippen LogP contribution in [0.1, 0.15) is 19.8 Å². The van der Waals surface area contributed by atoms with Gasteiger partial charge in [0.15, 0.2) is 6.10 Å². The van der Waals surface area contributed by atoms with Crippen LogP contribution in [0, 0.1) is 11.3 Å². The first-order valence-corrected chi connectivity index (χ1v) is 4.57. The van der Waals surface area contributed by atoms with Crippen molar-refractivity contribution in [3.05, 3.63) is 0 Å². The van der Waals surface area contributed by atoms with Gasteiger partial charge in [-0.2, -0.15) is 5.26 Å². The number of amides is 1. The molecule has 72 valence electrons. The van der Waals surface area contributed by atoms with E-state index in [1.165, 1.54) is 0 Å².